The van der Waals surface area contributed by atoms with Gasteiger partial charge in [-0.25, -0.2) is 16.8 Å². The van der Waals surface area contributed by atoms with Crippen molar-refractivity contribution in [1.29, 1.82) is 0 Å². The lowest BCUT2D eigenvalue weighted by atomic mass is 9.94. The smallest absolute Gasteiger partial charge is 0.497 e. The molecule has 0 saturated carbocycles. The first-order chi connectivity index (χ1) is 15.5. The van der Waals surface area contributed by atoms with Gasteiger partial charge in [-0.05, 0) is 35.4 Å². The first-order valence-electron chi connectivity index (χ1n) is 8.97. The van der Waals surface area contributed by atoms with Gasteiger partial charge in [-0.3, -0.25) is 0 Å². The minimum atomic E-state index is -6.16. The Morgan fingerprint density at radius 1 is 0.676 bits per heavy atom. The van der Waals surface area contributed by atoms with E-state index < -0.39 is 43.1 Å². The van der Waals surface area contributed by atoms with Crippen LogP contribution in [0, 0.1) is 0 Å². The summed E-state index contributed by atoms with van der Waals surface area (Å²) < 4.78 is 139. The Balaban J connectivity index is 2.80. The highest BCUT2D eigenvalue weighted by atomic mass is 32.2. The zero-order chi connectivity index (χ0) is 25.9. The summed E-state index contributed by atoms with van der Waals surface area (Å²) >= 11 is 0. The zero-order valence-electron chi connectivity index (χ0n) is 17.3. The molecule has 0 heterocycles. The van der Waals surface area contributed by atoms with E-state index in [1.54, 1.807) is 0 Å². The molecule has 16 heteroatoms. The van der Waals surface area contributed by atoms with Gasteiger partial charge in [0.25, 0.3) is 0 Å². The number of halogens is 6. The Morgan fingerprint density at radius 2 is 1.00 bits per heavy atom. The summed E-state index contributed by atoms with van der Waals surface area (Å²) in [7, 11) is -9.96. The second kappa shape index (κ2) is 9.97. The van der Waals surface area contributed by atoms with Crippen LogP contribution in [0.4, 0.5) is 26.3 Å². The molecule has 2 atom stereocenters. The normalized spacial score (nSPS) is 14.9. The van der Waals surface area contributed by atoms with Crippen molar-refractivity contribution in [2.75, 3.05) is 14.2 Å². The predicted molar refractivity (Wildman–Crippen MR) is 108 cm³/mol. The molecule has 0 radical (unpaired) electrons. The standard InChI is InChI=1S/C18H18F6N2O6S2/c1-31-13-7-3-5-11(9-13)15(25-33(27,28)17(19,20)21)16(26-34(29,30)18(22,23)24)12-6-4-8-14(10-12)32-2/h3-10,15-16,25-26H,1-2H3/t15-,16-/m1/s1. The molecule has 0 bridgehead atoms. The summed E-state index contributed by atoms with van der Waals surface area (Å²) in [5, 5.41) is 0. The van der Waals surface area contributed by atoms with Gasteiger partial charge >= 0.3 is 31.1 Å². The van der Waals surface area contributed by atoms with Crippen LogP contribution in [0.15, 0.2) is 48.5 Å². The Morgan fingerprint density at radius 3 is 1.26 bits per heavy atom. The van der Waals surface area contributed by atoms with Gasteiger partial charge in [0.2, 0.25) is 0 Å². The second-order valence-corrected chi connectivity index (χ2v) is 10.1. The average Bonchev–Trinajstić information content (AvgIpc) is 2.74. The maximum atomic E-state index is 13.2. The summed E-state index contributed by atoms with van der Waals surface area (Å²) in [5.41, 5.74) is -12.4. The number of ether oxygens (including phenoxy) is 2. The third-order valence-electron chi connectivity index (χ3n) is 4.41. The van der Waals surface area contributed by atoms with Gasteiger partial charge in [0, 0.05) is 0 Å². The van der Waals surface area contributed by atoms with Crippen molar-refractivity contribution in [1.82, 2.24) is 9.44 Å². The molecule has 34 heavy (non-hydrogen) atoms. The van der Waals surface area contributed by atoms with E-state index in [1.807, 2.05) is 0 Å². The van der Waals surface area contributed by atoms with Gasteiger partial charge in [0.1, 0.15) is 11.5 Å². The van der Waals surface area contributed by atoms with Crippen LogP contribution < -0.4 is 18.9 Å². The number of nitrogens with one attached hydrogen (secondary N) is 2. The second-order valence-electron chi connectivity index (χ2n) is 6.64. The van der Waals surface area contributed by atoms with E-state index in [1.165, 1.54) is 47.9 Å². The van der Waals surface area contributed by atoms with Gasteiger partial charge in [-0.2, -0.15) is 35.8 Å². The molecule has 8 nitrogen and oxygen atoms in total. The Hall–Kier alpha value is -2.56. The van der Waals surface area contributed by atoms with Gasteiger partial charge in [0.15, 0.2) is 0 Å². The minimum Gasteiger partial charge on any atom is -0.497 e. The van der Waals surface area contributed by atoms with Crippen LogP contribution in [0.3, 0.4) is 0 Å². The number of sulfonamides is 2. The lowest BCUT2D eigenvalue weighted by Gasteiger charge is -2.30. The van der Waals surface area contributed by atoms with Crippen LogP contribution in [0.5, 0.6) is 11.5 Å². The van der Waals surface area contributed by atoms with Crippen molar-refractivity contribution in [2.24, 2.45) is 0 Å². The predicted octanol–water partition coefficient (Wildman–Crippen LogP) is 3.36. The summed E-state index contributed by atoms with van der Waals surface area (Å²) in [6.07, 6.45) is 0. The summed E-state index contributed by atoms with van der Waals surface area (Å²) in [4.78, 5) is 0. The highest BCUT2D eigenvalue weighted by molar-refractivity contribution is 7.90. The van der Waals surface area contributed by atoms with Gasteiger partial charge in [-0.15, -0.1) is 0 Å². The molecule has 0 aromatic heterocycles. The van der Waals surface area contributed by atoms with Crippen molar-refractivity contribution in [2.45, 2.75) is 23.1 Å². The van der Waals surface area contributed by atoms with E-state index in [0.29, 0.717) is 0 Å². The maximum absolute atomic E-state index is 13.2. The van der Waals surface area contributed by atoms with Gasteiger partial charge < -0.3 is 9.47 Å². The Labute approximate surface area is 191 Å². The third kappa shape index (κ3) is 6.31. The van der Waals surface area contributed by atoms with Crippen molar-refractivity contribution < 1.29 is 52.7 Å². The summed E-state index contributed by atoms with van der Waals surface area (Å²) in [5.74, 6) is 0.0218. The number of methoxy groups -OCH3 is 2. The van der Waals surface area contributed by atoms with E-state index in [-0.39, 0.29) is 22.6 Å². The molecule has 2 aromatic carbocycles. The van der Waals surface area contributed by atoms with Crippen LogP contribution in [-0.2, 0) is 20.0 Å². The molecule has 2 rings (SSSR count). The first kappa shape index (κ1) is 27.7. The van der Waals surface area contributed by atoms with E-state index in [2.05, 4.69) is 0 Å². The van der Waals surface area contributed by atoms with Crippen molar-refractivity contribution in [3.8, 4) is 11.5 Å². The molecule has 0 amide bonds. The molecule has 0 aliphatic heterocycles. The van der Waals surface area contributed by atoms with Crippen LogP contribution >= 0.6 is 0 Å². The number of hydrogen-bond donors (Lipinski definition) is 2. The fourth-order valence-electron chi connectivity index (χ4n) is 2.79. The molecule has 0 aliphatic rings. The number of benzene rings is 2. The van der Waals surface area contributed by atoms with Crippen LogP contribution in [0.25, 0.3) is 0 Å². The highest BCUT2D eigenvalue weighted by Gasteiger charge is 2.51. The molecule has 0 unspecified atom stereocenters. The zero-order valence-corrected chi connectivity index (χ0v) is 18.9. The molecule has 0 spiro atoms. The SMILES string of the molecule is COc1cccc([C@@H](NS(=O)(=O)C(F)(F)F)[C@H](NS(=O)(=O)C(F)(F)F)c2cccc(OC)c2)c1. The van der Waals surface area contributed by atoms with E-state index in [4.69, 9.17) is 9.47 Å². The number of rotatable bonds is 9. The molecule has 0 saturated heterocycles. The number of alkyl halides is 6. The quantitative estimate of drug-likeness (QED) is 0.476. The molecule has 2 aromatic rings. The molecular formula is C18H18F6N2O6S2. The van der Waals surface area contributed by atoms with E-state index >= 15 is 0 Å². The molecule has 0 aliphatic carbocycles. The third-order valence-corrected chi connectivity index (χ3v) is 6.76. The Kier molecular flexibility index (Phi) is 8.12. The molecule has 0 fully saturated rings. The Bertz CT molecular complexity index is 1120. The summed E-state index contributed by atoms with van der Waals surface area (Å²) in [6, 6.07) is 4.96. The topological polar surface area (TPSA) is 111 Å². The fourth-order valence-corrected chi connectivity index (χ4v) is 4.28. The lowest BCUT2D eigenvalue weighted by molar-refractivity contribution is -0.0465. The van der Waals surface area contributed by atoms with Crippen LogP contribution in [-0.4, -0.2) is 42.1 Å². The minimum absolute atomic E-state index is 0.0109. The van der Waals surface area contributed by atoms with Gasteiger partial charge in [-0.1, -0.05) is 24.3 Å². The highest BCUT2D eigenvalue weighted by Crippen LogP contribution is 2.37. The van der Waals surface area contributed by atoms with Crippen molar-refractivity contribution in [3.05, 3.63) is 59.7 Å². The summed E-state index contributed by atoms with van der Waals surface area (Å²) in [6.45, 7) is 0. The number of hydrogen-bond acceptors (Lipinski definition) is 6. The van der Waals surface area contributed by atoms with Crippen LogP contribution in [0.1, 0.15) is 23.2 Å². The van der Waals surface area contributed by atoms with E-state index in [9.17, 15) is 43.2 Å². The van der Waals surface area contributed by atoms with Crippen molar-refractivity contribution in [3.63, 3.8) is 0 Å². The largest absolute Gasteiger partial charge is 0.511 e. The maximum Gasteiger partial charge on any atom is 0.511 e. The van der Waals surface area contributed by atoms with E-state index in [0.717, 1.165) is 24.3 Å². The van der Waals surface area contributed by atoms with Crippen LogP contribution in [0.2, 0.25) is 0 Å². The lowest BCUT2D eigenvalue weighted by Crippen LogP contribution is -2.47. The monoisotopic (exact) mass is 536 g/mol. The molecular weight excluding hydrogens is 518 g/mol. The fraction of sp³-hybridized carbons (Fsp3) is 0.333. The molecule has 2 N–H and O–H groups in total. The van der Waals surface area contributed by atoms with Gasteiger partial charge in [0.05, 0.1) is 26.3 Å². The average molecular weight is 536 g/mol. The molecule has 190 valence electrons. The van der Waals surface area contributed by atoms with Crippen molar-refractivity contribution >= 4 is 20.0 Å². The first-order valence-corrected chi connectivity index (χ1v) is 11.9.